The van der Waals surface area contributed by atoms with E-state index in [2.05, 4.69) is 79.0 Å². The van der Waals surface area contributed by atoms with E-state index in [1.54, 1.807) is 28.0 Å². The first kappa shape index (κ1) is 35.1. The molecule has 15 nitrogen and oxygen atoms in total. The molecule has 0 fully saturated rings. The topological polar surface area (TPSA) is 212 Å². The number of rotatable bonds is 13. The molecule has 6 aromatic rings. The zero-order valence-electron chi connectivity index (χ0n) is 28.1. The van der Waals surface area contributed by atoms with E-state index in [1.807, 2.05) is 35.3 Å². The molecule has 0 aliphatic heterocycles. The van der Waals surface area contributed by atoms with Crippen LogP contribution in [0.4, 0.5) is 0 Å². The zero-order valence-corrected chi connectivity index (χ0v) is 29.1. The Labute approximate surface area is 290 Å². The first-order valence-corrected chi connectivity index (χ1v) is 19.7. The van der Waals surface area contributed by atoms with Gasteiger partial charge in [0.2, 0.25) is 0 Å². The van der Waals surface area contributed by atoms with E-state index in [1.165, 1.54) is 12.7 Å². The maximum Gasteiger partial charge on any atom is 0.145 e. The highest BCUT2D eigenvalue weighted by Gasteiger charge is 2.17. The molecule has 6 rings (SSSR count). The molecular formula is C34H36N14OSi. The van der Waals surface area contributed by atoms with Crippen molar-refractivity contribution >= 4 is 30.1 Å². The molecule has 50 heavy (non-hydrogen) atoms. The van der Waals surface area contributed by atoms with E-state index >= 15 is 0 Å². The number of nitriles is 4. The molecule has 6 heterocycles. The lowest BCUT2D eigenvalue weighted by molar-refractivity contribution is 0.0899. The van der Waals surface area contributed by atoms with Crippen molar-refractivity contribution in [2.75, 3.05) is 6.61 Å². The van der Waals surface area contributed by atoms with E-state index < -0.39 is 8.07 Å². The summed E-state index contributed by atoms with van der Waals surface area (Å²) in [5.74, 6) is 0. The van der Waals surface area contributed by atoms with Crippen molar-refractivity contribution in [2.45, 2.75) is 70.2 Å². The maximum atomic E-state index is 8.99. The summed E-state index contributed by atoms with van der Waals surface area (Å²) in [7, 11) is -1.11. The molecule has 0 amide bonds. The molecular weight excluding hydrogens is 649 g/mol. The number of H-pyrrole nitrogens is 1. The molecule has 252 valence electrons. The lowest BCUT2D eigenvalue weighted by Gasteiger charge is -2.15. The van der Waals surface area contributed by atoms with Gasteiger partial charge in [0.15, 0.2) is 0 Å². The second-order valence-electron chi connectivity index (χ2n) is 12.7. The van der Waals surface area contributed by atoms with Crippen LogP contribution in [0.3, 0.4) is 0 Å². The summed E-state index contributed by atoms with van der Waals surface area (Å²) in [4.78, 5) is 20.3. The van der Waals surface area contributed by atoms with Crippen molar-refractivity contribution in [2.24, 2.45) is 0 Å². The number of aromatic amines is 1. The van der Waals surface area contributed by atoms with Gasteiger partial charge in [0, 0.05) is 61.4 Å². The van der Waals surface area contributed by atoms with Crippen molar-refractivity contribution in [3.8, 4) is 46.8 Å². The maximum absolute atomic E-state index is 8.99. The molecule has 0 radical (unpaired) electrons. The first-order valence-electron chi connectivity index (χ1n) is 16.0. The van der Waals surface area contributed by atoms with E-state index in [9.17, 15) is 0 Å². The quantitative estimate of drug-likeness (QED) is 0.107. The van der Waals surface area contributed by atoms with Gasteiger partial charge in [0.05, 0.1) is 85.8 Å². The molecule has 0 unspecified atom stereocenters. The molecule has 0 aliphatic carbocycles. The van der Waals surface area contributed by atoms with Gasteiger partial charge in [0.1, 0.15) is 30.7 Å². The molecule has 6 aromatic heterocycles. The standard InChI is InChI=1S/C20H25N7OSi.C14H11N7/c1-29(2,3)11-10-28-15-26-9-6-18-19(23-14-24-20(18)26)16-12-25-27(13-16)17(4-7-21)5-8-22;15-4-1-11(2-5-16)21-8-10(7-20-21)13-12-3-6-17-14(12)19-9-18-13/h6,9,12-14,17H,4-5,10-11,15H2,1-3H3;3,6-9,11H,1-2H2,(H,17,18,19). The Kier molecular flexibility index (Phi) is 11.4. The predicted molar refractivity (Wildman–Crippen MR) is 187 cm³/mol. The van der Waals surface area contributed by atoms with Crippen LogP contribution in [-0.4, -0.2) is 63.7 Å². The van der Waals surface area contributed by atoms with Crippen molar-refractivity contribution in [3.63, 3.8) is 0 Å². The van der Waals surface area contributed by atoms with Crippen LogP contribution in [0.15, 0.2) is 62.0 Å². The second-order valence-corrected chi connectivity index (χ2v) is 18.4. The summed E-state index contributed by atoms with van der Waals surface area (Å²) >= 11 is 0. The van der Waals surface area contributed by atoms with Gasteiger partial charge in [-0.25, -0.2) is 19.9 Å². The molecule has 0 atom stereocenters. The highest BCUT2D eigenvalue weighted by molar-refractivity contribution is 6.76. The Morgan fingerprint density at radius 2 is 1.32 bits per heavy atom. The van der Waals surface area contributed by atoms with Crippen LogP contribution >= 0.6 is 0 Å². The van der Waals surface area contributed by atoms with Gasteiger partial charge in [-0.05, 0) is 18.2 Å². The van der Waals surface area contributed by atoms with E-state index in [0.29, 0.717) is 6.73 Å². The van der Waals surface area contributed by atoms with Crippen molar-refractivity contribution in [1.29, 1.82) is 21.0 Å². The summed E-state index contributed by atoms with van der Waals surface area (Å²) in [5.41, 5.74) is 4.79. The van der Waals surface area contributed by atoms with Crippen LogP contribution in [0.2, 0.25) is 25.7 Å². The number of fused-ring (bicyclic) bond motifs is 2. The number of aromatic nitrogens is 10. The van der Waals surface area contributed by atoms with Crippen molar-refractivity contribution in [1.82, 2.24) is 49.0 Å². The average molecular weight is 685 g/mol. The monoisotopic (exact) mass is 684 g/mol. The van der Waals surface area contributed by atoms with Gasteiger partial charge in [-0.3, -0.25) is 9.36 Å². The minimum absolute atomic E-state index is 0.235. The molecule has 0 bridgehead atoms. The van der Waals surface area contributed by atoms with Gasteiger partial charge < -0.3 is 14.3 Å². The fourth-order valence-electron chi connectivity index (χ4n) is 5.24. The smallest absolute Gasteiger partial charge is 0.145 e. The Morgan fingerprint density at radius 3 is 1.88 bits per heavy atom. The van der Waals surface area contributed by atoms with Crippen LogP contribution in [0.5, 0.6) is 0 Å². The van der Waals surface area contributed by atoms with Crippen molar-refractivity contribution < 1.29 is 4.74 Å². The minimum atomic E-state index is -1.11. The third-order valence-electron chi connectivity index (χ3n) is 7.94. The molecule has 0 saturated heterocycles. The lowest BCUT2D eigenvalue weighted by atomic mass is 10.1. The largest absolute Gasteiger partial charge is 0.361 e. The average Bonchev–Trinajstić information content (AvgIpc) is 3.93. The predicted octanol–water partition coefficient (Wildman–Crippen LogP) is 6.17. The molecule has 0 aliphatic rings. The van der Waals surface area contributed by atoms with Gasteiger partial charge >= 0.3 is 0 Å². The summed E-state index contributed by atoms with van der Waals surface area (Å²) in [5, 5.41) is 46.1. The number of hydrogen-bond donors (Lipinski definition) is 1. The Bertz CT molecular complexity index is 2180. The fourth-order valence-corrected chi connectivity index (χ4v) is 6.00. The van der Waals surface area contributed by atoms with Crippen LogP contribution in [0.1, 0.15) is 37.8 Å². The second kappa shape index (κ2) is 16.3. The molecule has 0 spiro atoms. The van der Waals surface area contributed by atoms with Crippen molar-refractivity contribution in [3.05, 3.63) is 62.0 Å². The van der Waals surface area contributed by atoms with Gasteiger partial charge in [-0.2, -0.15) is 31.2 Å². The van der Waals surface area contributed by atoms with Crippen LogP contribution in [0, 0.1) is 45.3 Å². The van der Waals surface area contributed by atoms with Gasteiger partial charge in [-0.1, -0.05) is 19.6 Å². The van der Waals surface area contributed by atoms with Crippen LogP contribution in [-0.2, 0) is 11.5 Å². The Hall–Kier alpha value is -6.20. The summed E-state index contributed by atoms with van der Waals surface area (Å²) in [6, 6.07) is 12.9. The molecule has 0 aromatic carbocycles. The third kappa shape index (κ3) is 8.44. The first-order chi connectivity index (χ1) is 24.3. The molecule has 16 heteroatoms. The molecule has 0 saturated carbocycles. The summed E-state index contributed by atoms with van der Waals surface area (Å²) in [6.45, 7) is 8.20. The fraction of sp³-hybridized carbons (Fsp3) is 0.353. The van der Waals surface area contributed by atoms with Gasteiger partial charge in [0.25, 0.3) is 0 Å². The van der Waals surface area contributed by atoms with E-state index in [4.69, 9.17) is 25.8 Å². The highest BCUT2D eigenvalue weighted by atomic mass is 28.3. The lowest BCUT2D eigenvalue weighted by Crippen LogP contribution is -2.22. The number of hydrogen-bond acceptors (Lipinski definition) is 11. The number of nitrogens with one attached hydrogen (secondary N) is 1. The minimum Gasteiger partial charge on any atom is -0.361 e. The Balaban J connectivity index is 0.000000204. The zero-order chi connectivity index (χ0) is 35.5. The van der Waals surface area contributed by atoms with E-state index in [0.717, 1.165) is 57.2 Å². The Morgan fingerprint density at radius 1 is 0.760 bits per heavy atom. The normalized spacial score (nSPS) is 11.2. The summed E-state index contributed by atoms with van der Waals surface area (Å²) in [6.07, 6.45) is 14.8. The highest BCUT2D eigenvalue weighted by Crippen LogP contribution is 2.28. The van der Waals surface area contributed by atoms with Gasteiger partial charge in [-0.15, -0.1) is 0 Å². The van der Waals surface area contributed by atoms with E-state index in [-0.39, 0.29) is 37.8 Å². The SMILES string of the molecule is C[Si](C)(C)CCOCn1ccc2c(-c3cnn(C(CC#N)CC#N)c3)ncnc21.N#CCC(CC#N)n1cc(-c2ncnc3[nH]ccc23)cn1. The number of ether oxygens (including phenoxy) is 1. The molecule has 1 N–H and O–H groups in total. The third-order valence-corrected chi connectivity index (χ3v) is 9.65. The number of nitrogens with zero attached hydrogens (tertiary/aromatic N) is 13. The summed E-state index contributed by atoms with van der Waals surface area (Å²) < 4.78 is 11.2. The van der Waals surface area contributed by atoms with Crippen LogP contribution < -0.4 is 0 Å². The van der Waals surface area contributed by atoms with Crippen LogP contribution in [0.25, 0.3) is 44.6 Å².